The molecule has 14 heavy (non-hydrogen) atoms. The molecule has 78 valence electrons. The molecule has 1 rings (SSSR count). The maximum atomic E-state index is 12.2. The van der Waals surface area contributed by atoms with E-state index < -0.39 is 17.8 Å². The molecule has 0 aromatic carbocycles. The third-order valence-corrected chi connectivity index (χ3v) is 1.62. The summed E-state index contributed by atoms with van der Waals surface area (Å²) < 4.78 is 37.4. The van der Waals surface area contributed by atoms with Crippen molar-refractivity contribution in [1.29, 1.82) is 0 Å². The highest BCUT2D eigenvalue weighted by Crippen LogP contribution is 2.28. The molecule has 0 aliphatic heterocycles. The van der Waals surface area contributed by atoms with Gasteiger partial charge in [0.05, 0.1) is 0 Å². The van der Waals surface area contributed by atoms with Gasteiger partial charge in [0, 0.05) is 12.6 Å². The lowest BCUT2D eigenvalue weighted by Crippen LogP contribution is -2.16. The molecule has 1 aromatic rings. The molecule has 4 nitrogen and oxygen atoms in total. The summed E-state index contributed by atoms with van der Waals surface area (Å²) in [6, 6.07) is 0.645. The van der Waals surface area contributed by atoms with Crippen LogP contribution < -0.4 is 5.73 Å². The molecule has 7 heteroatoms. The van der Waals surface area contributed by atoms with Gasteiger partial charge < -0.3 is 5.73 Å². The van der Waals surface area contributed by atoms with Crippen LogP contribution in [0.4, 0.5) is 13.2 Å². The van der Waals surface area contributed by atoms with Gasteiger partial charge in [0.15, 0.2) is 5.69 Å². The van der Waals surface area contributed by atoms with Crippen molar-refractivity contribution in [1.82, 2.24) is 9.78 Å². The predicted molar refractivity (Wildman–Crippen MR) is 41.4 cm³/mol. The first-order chi connectivity index (χ1) is 6.36. The van der Waals surface area contributed by atoms with Crippen LogP contribution in [0.5, 0.6) is 0 Å². The largest absolute Gasteiger partial charge is 0.435 e. The number of carbonyl (C=O) groups is 1. The Balaban J connectivity index is 3.20. The number of primary amides is 1. The van der Waals surface area contributed by atoms with Crippen LogP contribution in [-0.2, 0) is 12.7 Å². The lowest BCUT2D eigenvalue weighted by molar-refractivity contribution is -0.141. The normalized spacial score (nSPS) is 11.7. The summed E-state index contributed by atoms with van der Waals surface area (Å²) in [6.07, 6.45) is -4.55. The number of aromatic nitrogens is 2. The molecule has 0 aliphatic carbocycles. The first-order valence-corrected chi connectivity index (χ1v) is 3.81. The van der Waals surface area contributed by atoms with E-state index in [0.717, 1.165) is 4.68 Å². The van der Waals surface area contributed by atoms with Gasteiger partial charge in [-0.2, -0.15) is 18.3 Å². The van der Waals surface area contributed by atoms with E-state index in [1.54, 1.807) is 6.92 Å². The number of amides is 1. The second kappa shape index (κ2) is 3.32. The van der Waals surface area contributed by atoms with Gasteiger partial charge >= 0.3 is 6.18 Å². The fraction of sp³-hybridized carbons (Fsp3) is 0.429. The van der Waals surface area contributed by atoms with Crippen molar-refractivity contribution >= 4 is 5.91 Å². The Hall–Kier alpha value is -1.53. The molecule has 0 spiro atoms. The van der Waals surface area contributed by atoms with E-state index in [-0.39, 0.29) is 12.2 Å². The molecular weight excluding hydrogens is 199 g/mol. The zero-order chi connectivity index (χ0) is 10.9. The van der Waals surface area contributed by atoms with E-state index in [4.69, 9.17) is 5.73 Å². The molecule has 0 saturated heterocycles. The van der Waals surface area contributed by atoms with E-state index in [1.807, 2.05) is 0 Å². The van der Waals surface area contributed by atoms with Crippen LogP contribution >= 0.6 is 0 Å². The SMILES string of the molecule is CCn1nc(C(F)(F)F)cc1C(N)=O. The van der Waals surface area contributed by atoms with Crippen molar-refractivity contribution in [2.24, 2.45) is 5.73 Å². The number of nitrogens with two attached hydrogens (primary N) is 1. The van der Waals surface area contributed by atoms with Gasteiger partial charge in [0.25, 0.3) is 5.91 Å². The summed E-state index contributed by atoms with van der Waals surface area (Å²) in [5.41, 5.74) is 3.54. The lowest BCUT2D eigenvalue weighted by Gasteiger charge is -2.00. The quantitative estimate of drug-likeness (QED) is 0.786. The first kappa shape index (κ1) is 10.6. The van der Waals surface area contributed by atoms with Crippen LogP contribution in [0.25, 0.3) is 0 Å². The Morgan fingerprint density at radius 1 is 1.64 bits per heavy atom. The highest BCUT2D eigenvalue weighted by atomic mass is 19.4. The molecule has 0 saturated carbocycles. The summed E-state index contributed by atoms with van der Waals surface area (Å²) in [6.45, 7) is 1.73. The summed E-state index contributed by atoms with van der Waals surface area (Å²) >= 11 is 0. The van der Waals surface area contributed by atoms with Gasteiger partial charge in [-0.3, -0.25) is 9.48 Å². The summed E-state index contributed by atoms with van der Waals surface area (Å²) in [4.78, 5) is 10.7. The standard InChI is InChI=1S/C7H8F3N3O/c1-2-13-4(6(11)14)3-5(12-13)7(8,9)10/h3H,2H2,1H3,(H2,11,14). The molecule has 0 bridgehead atoms. The summed E-state index contributed by atoms with van der Waals surface area (Å²) in [5, 5.41) is 3.21. The first-order valence-electron chi connectivity index (χ1n) is 3.81. The Morgan fingerprint density at radius 2 is 2.21 bits per heavy atom. The van der Waals surface area contributed by atoms with Crippen molar-refractivity contribution in [2.75, 3.05) is 0 Å². The van der Waals surface area contributed by atoms with Crippen molar-refractivity contribution in [2.45, 2.75) is 19.6 Å². The lowest BCUT2D eigenvalue weighted by atomic mass is 10.3. The molecule has 2 N–H and O–H groups in total. The smallest absolute Gasteiger partial charge is 0.364 e. The Kier molecular flexibility index (Phi) is 2.50. The number of hydrogen-bond donors (Lipinski definition) is 1. The van der Waals surface area contributed by atoms with E-state index in [2.05, 4.69) is 5.10 Å². The van der Waals surface area contributed by atoms with Gasteiger partial charge in [0.1, 0.15) is 5.69 Å². The third-order valence-electron chi connectivity index (χ3n) is 1.62. The van der Waals surface area contributed by atoms with E-state index in [0.29, 0.717) is 6.07 Å². The number of rotatable bonds is 2. The van der Waals surface area contributed by atoms with Crippen LogP contribution in [0.2, 0.25) is 0 Å². The minimum Gasteiger partial charge on any atom is -0.364 e. The van der Waals surface area contributed by atoms with Crippen LogP contribution in [0.3, 0.4) is 0 Å². The monoisotopic (exact) mass is 207 g/mol. The molecule has 0 radical (unpaired) electrons. The Morgan fingerprint density at radius 3 is 2.50 bits per heavy atom. The maximum absolute atomic E-state index is 12.2. The number of nitrogens with zero attached hydrogens (tertiary/aromatic N) is 2. The van der Waals surface area contributed by atoms with Gasteiger partial charge in [-0.15, -0.1) is 0 Å². The number of alkyl halides is 3. The summed E-state index contributed by atoms with van der Waals surface area (Å²) in [5.74, 6) is -0.921. The fourth-order valence-electron chi connectivity index (χ4n) is 0.995. The number of carbonyl (C=O) groups excluding carboxylic acids is 1. The topological polar surface area (TPSA) is 60.9 Å². The molecule has 0 fully saturated rings. The van der Waals surface area contributed by atoms with E-state index >= 15 is 0 Å². The number of hydrogen-bond acceptors (Lipinski definition) is 2. The molecule has 0 aliphatic rings. The Bertz CT molecular complexity index is 356. The van der Waals surface area contributed by atoms with Crippen molar-refractivity contribution in [3.63, 3.8) is 0 Å². The summed E-state index contributed by atoms with van der Waals surface area (Å²) in [7, 11) is 0. The molecule has 1 heterocycles. The van der Waals surface area contributed by atoms with Crippen LogP contribution in [0.1, 0.15) is 23.1 Å². The molecule has 0 unspecified atom stereocenters. The van der Waals surface area contributed by atoms with E-state index in [9.17, 15) is 18.0 Å². The maximum Gasteiger partial charge on any atom is 0.435 e. The van der Waals surface area contributed by atoms with Crippen LogP contribution in [0.15, 0.2) is 6.07 Å². The highest BCUT2D eigenvalue weighted by Gasteiger charge is 2.35. The van der Waals surface area contributed by atoms with Gasteiger partial charge in [0.2, 0.25) is 0 Å². The fourth-order valence-corrected chi connectivity index (χ4v) is 0.995. The Labute approximate surface area is 77.5 Å². The predicted octanol–water partition coefficient (Wildman–Crippen LogP) is 1.02. The van der Waals surface area contributed by atoms with Crippen molar-refractivity contribution < 1.29 is 18.0 Å². The minimum absolute atomic E-state index is 0.161. The third kappa shape index (κ3) is 1.86. The second-order valence-corrected chi connectivity index (χ2v) is 2.59. The van der Waals surface area contributed by atoms with Gasteiger partial charge in [-0.25, -0.2) is 0 Å². The van der Waals surface area contributed by atoms with Crippen LogP contribution in [-0.4, -0.2) is 15.7 Å². The van der Waals surface area contributed by atoms with E-state index in [1.165, 1.54) is 0 Å². The molecular formula is C7H8F3N3O. The average Bonchev–Trinajstić information content (AvgIpc) is 2.45. The molecule has 1 aromatic heterocycles. The zero-order valence-electron chi connectivity index (χ0n) is 7.30. The minimum atomic E-state index is -4.55. The van der Waals surface area contributed by atoms with Gasteiger partial charge in [-0.1, -0.05) is 0 Å². The molecule has 0 atom stereocenters. The average molecular weight is 207 g/mol. The number of aryl methyl sites for hydroxylation is 1. The van der Waals surface area contributed by atoms with Crippen molar-refractivity contribution in [3.05, 3.63) is 17.5 Å². The van der Waals surface area contributed by atoms with Gasteiger partial charge in [-0.05, 0) is 6.92 Å². The second-order valence-electron chi connectivity index (χ2n) is 2.59. The zero-order valence-corrected chi connectivity index (χ0v) is 7.30. The number of halogens is 3. The van der Waals surface area contributed by atoms with Crippen LogP contribution in [0, 0.1) is 0 Å². The molecule has 1 amide bonds. The van der Waals surface area contributed by atoms with Crippen molar-refractivity contribution in [3.8, 4) is 0 Å². The highest BCUT2D eigenvalue weighted by molar-refractivity contribution is 5.91.